The highest BCUT2D eigenvalue weighted by Gasteiger charge is 2.34. The highest BCUT2D eigenvalue weighted by atomic mass is 32.2. The van der Waals surface area contributed by atoms with E-state index in [9.17, 15) is 13.2 Å². The van der Waals surface area contributed by atoms with Gasteiger partial charge in [0.15, 0.2) is 9.84 Å². The lowest BCUT2D eigenvalue weighted by Crippen LogP contribution is -2.44. The second-order valence-electron chi connectivity index (χ2n) is 6.60. The van der Waals surface area contributed by atoms with E-state index < -0.39 is 9.84 Å². The Morgan fingerprint density at radius 3 is 2.79 bits per heavy atom. The van der Waals surface area contributed by atoms with E-state index in [0.29, 0.717) is 24.0 Å². The minimum absolute atomic E-state index is 0.0439. The lowest BCUT2D eigenvalue weighted by Gasteiger charge is -2.29. The summed E-state index contributed by atoms with van der Waals surface area (Å²) < 4.78 is 23.5. The first kappa shape index (κ1) is 19.2. The van der Waals surface area contributed by atoms with Gasteiger partial charge in [-0.2, -0.15) is 0 Å². The minimum atomic E-state index is -3.01. The number of aromatic nitrogens is 3. The lowest BCUT2D eigenvalue weighted by atomic mass is 10.1. The molecular formula is C15H26N4O3S2. The molecule has 1 saturated heterocycles. The zero-order chi connectivity index (χ0) is 17.7. The van der Waals surface area contributed by atoms with E-state index in [2.05, 4.69) is 22.1 Å². The van der Waals surface area contributed by atoms with Crippen LogP contribution in [0.4, 0.5) is 0 Å². The molecule has 2 rings (SSSR count). The molecule has 136 valence electrons. The summed E-state index contributed by atoms with van der Waals surface area (Å²) in [5.74, 6) is 1.56. The number of carbonyl (C=O) groups is 1. The Hall–Kier alpha value is -1.09. The van der Waals surface area contributed by atoms with E-state index in [1.807, 2.05) is 13.8 Å². The molecule has 1 unspecified atom stereocenters. The fourth-order valence-electron chi connectivity index (χ4n) is 2.77. The predicted molar refractivity (Wildman–Crippen MR) is 94.7 cm³/mol. The zero-order valence-electron chi connectivity index (χ0n) is 14.5. The molecule has 2 heterocycles. The molecule has 0 spiro atoms. The summed E-state index contributed by atoms with van der Waals surface area (Å²) in [6.45, 7) is 6.71. The van der Waals surface area contributed by atoms with Gasteiger partial charge in [0.25, 0.3) is 0 Å². The van der Waals surface area contributed by atoms with Crippen LogP contribution in [0.2, 0.25) is 0 Å². The van der Waals surface area contributed by atoms with Gasteiger partial charge in [0.05, 0.1) is 17.3 Å². The second-order valence-corrected chi connectivity index (χ2v) is 9.77. The summed E-state index contributed by atoms with van der Waals surface area (Å²) in [7, 11) is -3.01. The molecular weight excluding hydrogens is 348 g/mol. The van der Waals surface area contributed by atoms with Crippen molar-refractivity contribution in [1.82, 2.24) is 20.1 Å². The first-order chi connectivity index (χ1) is 11.3. The van der Waals surface area contributed by atoms with Crippen LogP contribution >= 0.6 is 11.8 Å². The second kappa shape index (κ2) is 8.33. The Morgan fingerprint density at radius 1 is 1.46 bits per heavy atom. The maximum Gasteiger partial charge on any atom is 0.233 e. The number of thioether (sulfide) groups is 1. The van der Waals surface area contributed by atoms with Crippen molar-refractivity contribution < 1.29 is 13.2 Å². The molecule has 0 saturated carbocycles. The van der Waals surface area contributed by atoms with Crippen LogP contribution in [0.3, 0.4) is 0 Å². The number of amides is 1. The molecule has 1 N–H and O–H groups in total. The van der Waals surface area contributed by atoms with E-state index in [0.717, 1.165) is 18.7 Å². The normalized spacial score (nSPS) is 19.8. The average molecular weight is 375 g/mol. The maximum atomic E-state index is 12.6. The molecule has 1 amide bonds. The molecule has 0 radical (unpaired) electrons. The molecule has 1 aliphatic rings. The maximum absolute atomic E-state index is 12.6. The quantitative estimate of drug-likeness (QED) is 0.693. The van der Waals surface area contributed by atoms with Crippen molar-refractivity contribution in [2.75, 3.05) is 23.8 Å². The third kappa shape index (κ3) is 5.47. The van der Waals surface area contributed by atoms with Gasteiger partial charge in [0.1, 0.15) is 5.82 Å². The van der Waals surface area contributed by atoms with Crippen LogP contribution in [0, 0.1) is 5.92 Å². The third-order valence-corrected chi connectivity index (χ3v) is 6.44. The largest absolute Gasteiger partial charge is 0.338 e. The van der Waals surface area contributed by atoms with Gasteiger partial charge < -0.3 is 4.90 Å². The van der Waals surface area contributed by atoms with Crippen LogP contribution in [0.1, 0.15) is 39.4 Å². The van der Waals surface area contributed by atoms with Gasteiger partial charge in [-0.25, -0.2) is 13.4 Å². The number of aryl methyl sites for hydroxylation is 1. The summed E-state index contributed by atoms with van der Waals surface area (Å²) in [4.78, 5) is 18.7. The number of hydrogen-bond acceptors (Lipinski definition) is 6. The highest BCUT2D eigenvalue weighted by Crippen LogP contribution is 2.21. The Balaban J connectivity index is 1.96. The van der Waals surface area contributed by atoms with E-state index in [1.165, 1.54) is 11.8 Å². The van der Waals surface area contributed by atoms with E-state index >= 15 is 0 Å². The Morgan fingerprint density at radius 2 is 2.21 bits per heavy atom. The molecule has 1 aliphatic heterocycles. The van der Waals surface area contributed by atoms with E-state index in [-0.39, 0.29) is 29.2 Å². The molecule has 0 aromatic carbocycles. The van der Waals surface area contributed by atoms with Crippen molar-refractivity contribution in [3.63, 3.8) is 0 Å². The number of nitrogens with one attached hydrogen (secondary N) is 1. The number of carbonyl (C=O) groups excluding carboxylic acids is 1. The molecule has 7 nitrogen and oxygen atoms in total. The summed E-state index contributed by atoms with van der Waals surface area (Å²) in [6.07, 6.45) is 2.35. The fraction of sp³-hybridized carbons (Fsp3) is 0.800. The van der Waals surface area contributed by atoms with E-state index in [1.54, 1.807) is 4.90 Å². The van der Waals surface area contributed by atoms with Crippen molar-refractivity contribution in [2.45, 2.75) is 51.2 Å². The summed E-state index contributed by atoms with van der Waals surface area (Å²) in [6, 6.07) is -0.201. The first-order valence-corrected chi connectivity index (χ1v) is 11.2. The molecule has 1 aromatic heterocycles. The average Bonchev–Trinajstić information content (AvgIpc) is 3.09. The summed E-state index contributed by atoms with van der Waals surface area (Å²) >= 11 is 1.30. The van der Waals surface area contributed by atoms with Crippen LogP contribution in [0.5, 0.6) is 0 Å². The fourth-order valence-corrected chi connectivity index (χ4v) is 5.20. The lowest BCUT2D eigenvalue weighted by molar-refractivity contribution is -0.130. The van der Waals surface area contributed by atoms with Crippen LogP contribution in [0.25, 0.3) is 0 Å². The number of sulfone groups is 1. The van der Waals surface area contributed by atoms with Crippen LogP contribution in [-0.4, -0.2) is 64.3 Å². The van der Waals surface area contributed by atoms with Crippen molar-refractivity contribution in [3.05, 3.63) is 5.82 Å². The number of nitrogens with zero attached hydrogens (tertiary/aromatic N) is 3. The van der Waals surface area contributed by atoms with Gasteiger partial charge in [-0.1, -0.05) is 32.5 Å². The van der Waals surface area contributed by atoms with E-state index in [4.69, 9.17) is 0 Å². The van der Waals surface area contributed by atoms with Crippen LogP contribution < -0.4 is 0 Å². The summed E-state index contributed by atoms with van der Waals surface area (Å²) in [5.41, 5.74) is 0. The topological polar surface area (TPSA) is 96.0 Å². The molecule has 1 atom stereocenters. The van der Waals surface area contributed by atoms with Crippen LogP contribution in [-0.2, 0) is 21.1 Å². The molecule has 0 bridgehead atoms. The molecule has 1 aromatic rings. The number of aromatic amines is 1. The van der Waals surface area contributed by atoms with Gasteiger partial charge in [-0.15, -0.1) is 5.10 Å². The van der Waals surface area contributed by atoms with Gasteiger partial charge in [0, 0.05) is 19.0 Å². The highest BCUT2D eigenvalue weighted by molar-refractivity contribution is 7.99. The van der Waals surface area contributed by atoms with Crippen molar-refractivity contribution >= 4 is 27.5 Å². The molecule has 24 heavy (non-hydrogen) atoms. The smallest absolute Gasteiger partial charge is 0.233 e. The van der Waals surface area contributed by atoms with Crippen molar-refractivity contribution in [2.24, 2.45) is 5.92 Å². The SMILES string of the molecule is CCCc1nc(SCC(=O)N(CC(C)C)C2CCS(=O)(=O)C2)n[nH]1. The number of H-pyrrole nitrogens is 1. The molecule has 9 heteroatoms. The van der Waals surface area contributed by atoms with Gasteiger partial charge in [0.2, 0.25) is 11.1 Å². The predicted octanol–water partition coefficient (Wildman–Crippen LogP) is 1.52. The van der Waals surface area contributed by atoms with Gasteiger partial charge in [-0.05, 0) is 18.8 Å². The standard InChI is InChI=1S/C15H26N4O3S2/c1-4-5-13-16-15(18-17-13)23-9-14(20)19(8-11(2)3)12-6-7-24(21,22)10-12/h11-12H,4-10H2,1-3H3,(H,16,17,18). The first-order valence-electron chi connectivity index (χ1n) is 8.34. The van der Waals surface area contributed by atoms with Gasteiger partial charge >= 0.3 is 0 Å². The zero-order valence-corrected chi connectivity index (χ0v) is 16.1. The third-order valence-electron chi connectivity index (χ3n) is 3.85. The molecule has 1 fully saturated rings. The monoisotopic (exact) mass is 374 g/mol. The minimum Gasteiger partial charge on any atom is -0.338 e. The molecule has 0 aliphatic carbocycles. The Kier molecular flexibility index (Phi) is 6.68. The Labute approximate surface area is 147 Å². The Bertz CT molecular complexity index is 657. The number of rotatable bonds is 8. The summed E-state index contributed by atoms with van der Waals surface area (Å²) in [5, 5.41) is 7.54. The van der Waals surface area contributed by atoms with Crippen molar-refractivity contribution in [1.29, 1.82) is 0 Å². The van der Waals surface area contributed by atoms with Crippen molar-refractivity contribution in [3.8, 4) is 0 Å². The number of hydrogen-bond donors (Lipinski definition) is 1. The van der Waals surface area contributed by atoms with Gasteiger partial charge in [-0.3, -0.25) is 9.89 Å². The van der Waals surface area contributed by atoms with Crippen LogP contribution in [0.15, 0.2) is 5.16 Å².